The van der Waals surface area contributed by atoms with Crippen LogP contribution in [0.1, 0.15) is 5.56 Å². The topological polar surface area (TPSA) is 106 Å². The van der Waals surface area contributed by atoms with Gasteiger partial charge in [-0.1, -0.05) is 24.0 Å². The molecule has 0 atom stereocenters. The number of phosphoric acid groups is 1. The van der Waals surface area contributed by atoms with Gasteiger partial charge in [0.2, 0.25) is 5.75 Å². The third kappa shape index (κ3) is 4.08. The van der Waals surface area contributed by atoms with Crippen LogP contribution in [0.25, 0.3) is 6.08 Å². The first-order chi connectivity index (χ1) is 11.2. The molecule has 0 saturated carbocycles. The van der Waals surface area contributed by atoms with Crippen LogP contribution in [0.15, 0.2) is 17.0 Å². The van der Waals surface area contributed by atoms with Gasteiger partial charge in [0.1, 0.15) is 4.32 Å². The Morgan fingerprint density at radius 1 is 1.25 bits per heavy atom. The summed E-state index contributed by atoms with van der Waals surface area (Å²) in [7, 11) is -0.584. The summed E-state index contributed by atoms with van der Waals surface area (Å²) in [4.78, 5) is 31.8. The second-order valence-corrected chi connectivity index (χ2v) is 7.42. The highest BCUT2D eigenvalue weighted by Crippen LogP contribution is 2.48. The van der Waals surface area contributed by atoms with Crippen LogP contribution in [-0.2, 0) is 9.36 Å². The molecule has 1 aliphatic rings. The number of rotatable bonds is 5. The van der Waals surface area contributed by atoms with E-state index in [9.17, 15) is 9.36 Å². The van der Waals surface area contributed by atoms with Crippen LogP contribution in [0, 0.1) is 0 Å². The van der Waals surface area contributed by atoms with Crippen LogP contribution in [0.4, 0.5) is 0 Å². The molecule has 1 aromatic rings. The lowest BCUT2D eigenvalue weighted by Gasteiger charge is -2.15. The number of hydrogen-bond donors (Lipinski definition) is 2. The Kier molecular flexibility index (Phi) is 5.56. The first-order valence-corrected chi connectivity index (χ1v) is 9.14. The normalized spacial score (nSPS) is 16.7. The van der Waals surface area contributed by atoms with Crippen molar-refractivity contribution in [2.45, 2.75) is 0 Å². The van der Waals surface area contributed by atoms with Crippen LogP contribution >= 0.6 is 31.8 Å². The molecular weight excluding hydrogens is 377 g/mol. The second-order valence-electron chi connectivity index (χ2n) is 4.58. The molecule has 0 bridgehead atoms. The number of phosphoric ester groups is 1. The van der Waals surface area contributed by atoms with E-state index in [4.69, 9.17) is 31.5 Å². The minimum Gasteiger partial charge on any atom is -0.493 e. The Bertz CT molecular complexity index is 749. The summed E-state index contributed by atoms with van der Waals surface area (Å²) in [5.41, 5.74) is 0.524. The van der Waals surface area contributed by atoms with Crippen molar-refractivity contribution in [3.63, 3.8) is 0 Å². The van der Waals surface area contributed by atoms with Crippen molar-refractivity contribution < 1.29 is 33.1 Å². The van der Waals surface area contributed by atoms with E-state index in [2.05, 4.69) is 4.52 Å². The lowest BCUT2D eigenvalue weighted by Crippen LogP contribution is -2.22. The van der Waals surface area contributed by atoms with Crippen LogP contribution in [0.2, 0.25) is 0 Å². The van der Waals surface area contributed by atoms with Crippen molar-refractivity contribution in [3.05, 3.63) is 22.6 Å². The van der Waals surface area contributed by atoms with Crippen molar-refractivity contribution in [1.82, 2.24) is 4.90 Å². The molecule has 0 aliphatic carbocycles. The highest BCUT2D eigenvalue weighted by Gasteiger charge is 2.29. The number of nitrogens with zero attached hydrogens (tertiary/aromatic N) is 1. The Labute approximate surface area is 147 Å². The van der Waals surface area contributed by atoms with Crippen LogP contribution in [-0.4, -0.2) is 46.2 Å². The van der Waals surface area contributed by atoms with Crippen LogP contribution in [0.3, 0.4) is 0 Å². The molecule has 0 radical (unpaired) electrons. The van der Waals surface area contributed by atoms with Gasteiger partial charge in [0, 0.05) is 7.05 Å². The number of ether oxygens (including phenoxy) is 2. The smallest absolute Gasteiger partial charge is 0.493 e. The van der Waals surface area contributed by atoms with E-state index in [-0.39, 0.29) is 23.2 Å². The van der Waals surface area contributed by atoms with Crippen molar-refractivity contribution >= 4 is 48.1 Å². The van der Waals surface area contributed by atoms with E-state index in [0.29, 0.717) is 14.8 Å². The van der Waals surface area contributed by atoms with Gasteiger partial charge >= 0.3 is 7.82 Å². The number of benzene rings is 1. The first-order valence-electron chi connectivity index (χ1n) is 6.39. The van der Waals surface area contributed by atoms with E-state index in [0.717, 1.165) is 11.8 Å². The average molecular weight is 391 g/mol. The molecule has 8 nitrogen and oxygen atoms in total. The molecule has 0 spiro atoms. The molecular formula is C13H14NO7PS2. The maximum atomic E-state index is 12.0. The zero-order valence-electron chi connectivity index (χ0n) is 12.9. The summed E-state index contributed by atoms with van der Waals surface area (Å²) >= 11 is 6.21. The van der Waals surface area contributed by atoms with Gasteiger partial charge in [0.05, 0.1) is 19.1 Å². The van der Waals surface area contributed by atoms with Gasteiger partial charge in [-0.3, -0.25) is 19.5 Å². The predicted molar refractivity (Wildman–Crippen MR) is 93.2 cm³/mol. The molecule has 1 amide bonds. The van der Waals surface area contributed by atoms with E-state index >= 15 is 0 Å². The van der Waals surface area contributed by atoms with Crippen LogP contribution < -0.4 is 14.0 Å². The number of carbonyl (C=O) groups is 1. The summed E-state index contributed by atoms with van der Waals surface area (Å²) < 4.78 is 26.4. The fourth-order valence-electron chi connectivity index (χ4n) is 1.89. The van der Waals surface area contributed by atoms with E-state index < -0.39 is 7.82 Å². The number of carbonyl (C=O) groups excluding carboxylic acids is 1. The number of hydrogen-bond acceptors (Lipinski definition) is 7. The standard InChI is InChI=1S/C13H14NO7PS2/c1-14-12(15)10(24-13(14)23)6-7-4-8(19-2)11(9(5-7)20-3)21-22(16,17)18/h4-6H,1-3H3,(H2,16,17,18). The first kappa shape index (κ1) is 18.8. The molecule has 1 fully saturated rings. The number of thioether (sulfide) groups is 1. The van der Waals surface area contributed by atoms with Crippen molar-refractivity contribution in [1.29, 1.82) is 0 Å². The third-order valence-electron chi connectivity index (χ3n) is 2.98. The largest absolute Gasteiger partial charge is 0.525 e. The molecule has 1 heterocycles. The summed E-state index contributed by atoms with van der Waals surface area (Å²) in [6.45, 7) is 0. The molecule has 11 heteroatoms. The molecule has 130 valence electrons. The summed E-state index contributed by atoms with van der Waals surface area (Å²) in [5.74, 6) is -0.362. The number of thiocarbonyl (C=S) groups is 1. The number of methoxy groups -OCH3 is 2. The van der Waals surface area contributed by atoms with Crippen LogP contribution in [0.5, 0.6) is 17.2 Å². The third-order valence-corrected chi connectivity index (χ3v) is 4.88. The van der Waals surface area contributed by atoms with Crippen molar-refractivity contribution in [2.24, 2.45) is 0 Å². The fourth-order valence-corrected chi connectivity index (χ4v) is 3.49. The maximum absolute atomic E-state index is 12.0. The quantitative estimate of drug-likeness (QED) is 0.443. The Hall–Kier alpha value is -1.58. The molecule has 1 aromatic carbocycles. The maximum Gasteiger partial charge on any atom is 0.525 e. The van der Waals surface area contributed by atoms with Gasteiger partial charge in [-0.2, -0.15) is 0 Å². The zero-order chi connectivity index (χ0) is 18.1. The van der Waals surface area contributed by atoms with E-state index in [1.54, 1.807) is 13.1 Å². The minimum atomic E-state index is -4.80. The van der Waals surface area contributed by atoms with Crippen molar-refractivity contribution in [3.8, 4) is 17.2 Å². The van der Waals surface area contributed by atoms with Gasteiger partial charge in [-0.05, 0) is 23.8 Å². The highest BCUT2D eigenvalue weighted by molar-refractivity contribution is 8.26. The second kappa shape index (κ2) is 7.12. The Morgan fingerprint density at radius 3 is 2.17 bits per heavy atom. The van der Waals surface area contributed by atoms with Gasteiger partial charge in [-0.15, -0.1) is 0 Å². The van der Waals surface area contributed by atoms with Gasteiger partial charge in [0.15, 0.2) is 11.5 Å². The summed E-state index contributed by atoms with van der Waals surface area (Å²) in [5, 5.41) is 0. The molecule has 1 saturated heterocycles. The Morgan fingerprint density at radius 2 is 1.79 bits per heavy atom. The SMILES string of the molecule is COc1cc(C=C2SC(=S)N(C)C2=O)cc(OC)c1OP(=O)(O)O. The van der Waals surface area contributed by atoms with Gasteiger partial charge in [0.25, 0.3) is 5.91 Å². The van der Waals surface area contributed by atoms with E-state index in [1.165, 1.54) is 31.3 Å². The monoisotopic (exact) mass is 391 g/mol. The minimum absolute atomic E-state index is 0.0518. The lowest BCUT2D eigenvalue weighted by molar-refractivity contribution is -0.121. The number of amides is 1. The number of likely N-dealkylation sites (N-methyl/N-ethyl adjacent to an activating group) is 1. The van der Waals surface area contributed by atoms with Gasteiger partial charge in [-0.25, -0.2) is 4.57 Å². The highest BCUT2D eigenvalue weighted by atomic mass is 32.2. The molecule has 2 rings (SSSR count). The van der Waals surface area contributed by atoms with Gasteiger partial charge < -0.3 is 14.0 Å². The zero-order valence-corrected chi connectivity index (χ0v) is 15.4. The molecule has 0 aromatic heterocycles. The fraction of sp³-hybridized carbons (Fsp3) is 0.231. The predicted octanol–water partition coefficient (Wildman–Crippen LogP) is 2.01. The molecule has 0 unspecified atom stereocenters. The lowest BCUT2D eigenvalue weighted by atomic mass is 10.1. The summed E-state index contributed by atoms with van der Waals surface area (Å²) in [6.07, 6.45) is 1.58. The van der Waals surface area contributed by atoms with Crippen molar-refractivity contribution in [2.75, 3.05) is 21.3 Å². The molecule has 24 heavy (non-hydrogen) atoms. The molecule has 1 aliphatic heterocycles. The van der Waals surface area contributed by atoms with E-state index in [1.807, 2.05) is 0 Å². The average Bonchev–Trinajstić information content (AvgIpc) is 2.74. The molecule has 2 N–H and O–H groups in total. The Balaban J connectivity index is 2.49. The summed E-state index contributed by atoms with van der Waals surface area (Å²) in [6, 6.07) is 2.94.